The maximum atomic E-state index is 2.49. The Morgan fingerprint density at radius 2 is 1.00 bits per heavy atom. The summed E-state index contributed by atoms with van der Waals surface area (Å²) < 4.78 is 0. The molecule has 0 bridgehead atoms. The van der Waals surface area contributed by atoms with Crippen LogP contribution in [0, 0.1) is 23.7 Å². The summed E-state index contributed by atoms with van der Waals surface area (Å²) >= 11 is 0. The Balaban J connectivity index is -0.000000215. The van der Waals surface area contributed by atoms with E-state index in [1.54, 1.807) is 0 Å². The highest BCUT2D eigenvalue weighted by molar-refractivity contribution is 4.68. The molecule has 0 heteroatoms. The zero-order valence-corrected chi connectivity index (χ0v) is 24.9. The van der Waals surface area contributed by atoms with E-state index >= 15 is 0 Å². The molecule has 0 fully saturated rings. The van der Waals surface area contributed by atoms with E-state index in [2.05, 4.69) is 69.2 Å². The van der Waals surface area contributed by atoms with Crippen LogP contribution in [0.4, 0.5) is 0 Å². The van der Waals surface area contributed by atoms with E-state index < -0.39 is 0 Å². The Bertz CT molecular complexity index is 253. The summed E-state index contributed by atoms with van der Waals surface area (Å²) in [6.45, 7) is 27.1. The first kappa shape index (κ1) is 38.3. The van der Waals surface area contributed by atoms with Crippen molar-refractivity contribution in [1.82, 2.24) is 0 Å². The highest BCUT2D eigenvalue weighted by atomic mass is 14.2. The largest absolute Gasteiger partial charge is 0.0683 e. The van der Waals surface area contributed by atoms with Crippen LogP contribution in [0.15, 0.2) is 0 Å². The Morgan fingerprint density at radius 1 is 0.484 bits per heavy atom. The van der Waals surface area contributed by atoms with Gasteiger partial charge in [0.15, 0.2) is 0 Å². The second-order valence-electron chi connectivity index (χ2n) is 10.0. The molecule has 0 rings (SSSR count). The quantitative estimate of drug-likeness (QED) is 0.208. The SMILES string of the molecule is CC.CCCC.CCCCC(C)CC.CCCCCCCC(C)C(CCC)CC(C)C. The molecule has 3 unspecified atom stereocenters. The minimum atomic E-state index is 0.870. The molecule has 194 valence electrons. The molecule has 0 aromatic rings. The first-order chi connectivity index (χ1) is 14.8. The van der Waals surface area contributed by atoms with Gasteiger partial charge in [-0.25, -0.2) is 0 Å². The molecule has 0 N–H and O–H groups in total. The molecule has 0 aromatic carbocycles. The summed E-state index contributed by atoms with van der Waals surface area (Å²) in [5, 5.41) is 0. The van der Waals surface area contributed by atoms with Gasteiger partial charge in [-0.15, -0.1) is 0 Å². The molecule has 0 radical (unpaired) electrons. The lowest BCUT2D eigenvalue weighted by molar-refractivity contribution is 0.261. The van der Waals surface area contributed by atoms with Crippen LogP contribution in [0.5, 0.6) is 0 Å². The van der Waals surface area contributed by atoms with Gasteiger partial charge >= 0.3 is 0 Å². The lowest BCUT2D eigenvalue weighted by Gasteiger charge is -2.25. The summed E-state index contributed by atoms with van der Waals surface area (Å²) in [4.78, 5) is 0. The standard InChI is InChI=1S/C17H36.C8H18.C4H10.C2H6/c1-6-8-9-10-11-13-16(5)17(12-7-2)14-15(3)4;1-4-6-7-8(3)5-2;1-3-4-2;1-2/h15-17H,6-14H2,1-5H3;8H,4-7H2,1-3H3;3-4H2,1-2H3;1-2H3. The Kier molecular flexibility index (Phi) is 42.7. The summed E-state index contributed by atoms with van der Waals surface area (Å²) in [7, 11) is 0. The molecule has 0 amide bonds. The fourth-order valence-corrected chi connectivity index (χ4v) is 3.67. The molecule has 0 nitrogen and oxygen atoms in total. The molecule has 0 aromatic heterocycles. The summed E-state index contributed by atoms with van der Waals surface area (Å²) in [6.07, 6.45) is 21.0. The molecule has 0 aliphatic heterocycles. The third-order valence-electron chi connectivity index (χ3n) is 6.25. The molecular formula is C31H70. The van der Waals surface area contributed by atoms with Crippen LogP contribution in [-0.4, -0.2) is 0 Å². The second-order valence-corrected chi connectivity index (χ2v) is 10.0. The van der Waals surface area contributed by atoms with Gasteiger partial charge in [0.2, 0.25) is 0 Å². The number of hydrogen-bond acceptors (Lipinski definition) is 0. The van der Waals surface area contributed by atoms with Crippen molar-refractivity contribution >= 4 is 0 Å². The van der Waals surface area contributed by atoms with E-state index in [1.165, 1.54) is 96.3 Å². The average molecular weight is 443 g/mol. The van der Waals surface area contributed by atoms with Gasteiger partial charge in [-0.3, -0.25) is 0 Å². The number of unbranched alkanes of at least 4 members (excludes halogenated alkanes) is 6. The molecule has 0 aliphatic rings. The second kappa shape index (κ2) is 34.6. The fraction of sp³-hybridized carbons (Fsp3) is 1.00. The van der Waals surface area contributed by atoms with E-state index in [-0.39, 0.29) is 0 Å². The molecule has 31 heavy (non-hydrogen) atoms. The molecule has 0 saturated carbocycles. The predicted molar refractivity (Wildman–Crippen MR) is 151 cm³/mol. The monoisotopic (exact) mass is 443 g/mol. The van der Waals surface area contributed by atoms with Gasteiger partial charge in [0.05, 0.1) is 0 Å². The normalized spacial score (nSPS) is 13.1. The van der Waals surface area contributed by atoms with E-state index in [4.69, 9.17) is 0 Å². The van der Waals surface area contributed by atoms with Gasteiger partial charge in [0.1, 0.15) is 0 Å². The Morgan fingerprint density at radius 3 is 1.39 bits per heavy atom. The summed E-state index contributed by atoms with van der Waals surface area (Å²) in [5.41, 5.74) is 0. The van der Waals surface area contributed by atoms with E-state index in [1.807, 2.05) is 13.8 Å². The van der Waals surface area contributed by atoms with Crippen molar-refractivity contribution in [2.45, 2.75) is 179 Å². The van der Waals surface area contributed by atoms with Crippen molar-refractivity contribution in [2.24, 2.45) is 23.7 Å². The van der Waals surface area contributed by atoms with E-state index in [0.717, 1.165) is 23.7 Å². The van der Waals surface area contributed by atoms with Gasteiger partial charge in [0, 0.05) is 0 Å². The van der Waals surface area contributed by atoms with Gasteiger partial charge in [-0.1, -0.05) is 173 Å². The summed E-state index contributed by atoms with van der Waals surface area (Å²) in [5.74, 6) is 3.74. The maximum Gasteiger partial charge on any atom is -0.0386 e. The van der Waals surface area contributed by atoms with Crippen molar-refractivity contribution in [3.8, 4) is 0 Å². The fourth-order valence-electron chi connectivity index (χ4n) is 3.67. The molecule has 0 saturated heterocycles. The van der Waals surface area contributed by atoms with E-state index in [0.29, 0.717) is 0 Å². The number of hydrogen-bond donors (Lipinski definition) is 0. The molecule has 0 spiro atoms. The minimum Gasteiger partial charge on any atom is -0.0683 e. The zero-order valence-electron chi connectivity index (χ0n) is 24.9. The van der Waals surface area contributed by atoms with Crippen molar-refractivity contribution in [3.05, 3.63) is 0 Å². The topological polar surface area (TPSA) is 0 Å². The maximum absolute atomic E-state index is 2.49. The van der Waals surface area contributed by atoms with Gasteiger partial charge < -0.3 is 0 Å². The van der Waals surface area contributed by atoms with Crippen LogP contribution in [0.25, 0.3) is 0 Å². The predicted octanol–water partition coefficient (Wildman–Crippen LogP) is 12.5. The van der Waals surface area contributed by atoms with Crippen molar-refractivity contribution in [1.29, 1.82) is 0 Å². The first-order valence-electron chi connectivity index (χ1n) is 14.8. The van der Waals surface area contributed by atoms with Crippen LogP contribution in [-0.2, 0) is 0 Å². The third-order valence-corrected chi connectivity index (χ3v) is 6.25. The average Bonchev–Trinajstić information content (AvgIpc) is 2.78. The third kappa shape index (κ3) is 37.6. The van der Waals surface area contributed by atoms with Crippen molar-refractivity contribution < 1.29 is 0 Å². The van der Waals surface area contributed by atoms with E-state index in [9.17, 15) is 0 Å². The van der Waals surface area contributed by atoms with Crippen molar-refractivity contribution in [2.75, 3.05) is 0 Å². The zero-order chi connectivity index (χ0) is 24.9. The summed E-state index contributed by atoms with van der Waals surface area (Å²) in [6, 6.07) is 0. The Hall–Kier alpha value is 0. The lowest BCUT2D eigenvalue weighted by atomic mass is 9.81. The molecule has 3 atom stereocenters. The van der Waals surface area contributed by atoms with Crippen molar-refractivity contribution in [3.63, 3.8) is 0 Å². The van der Waals surface area contributed by atoms with Crippen LogP contribution < -0.4 is 0 Å². The van der Waals surface area contributed by atoms with Gasteiger partial charge in [0.25, 0.3) is 0 Å². The first-order valence-corrected chi connectivity index (χ1v) is 14.8. The molecule has 0 aliphatic carbocycles. The van der Waals surface area contributed by atoms with Crippen LogP contribution >= 0.6 is 0 Å². The van der Waals surface area contributed by atoms with Gasteiger partial charge in [-0.2, -0.15) is 0 Å². The Labute approximate surface area is 203 Å². The lowest BCUT2D eigenvalue weighted by Crippen LogP contribution is -2.14. The van der Waals surface area contributed by atoms with Crippen LogP contribution in [0.2, 0.25) is 0 Å². The molecular weight excluding hydrogens is 372 g/mol. The van der Waals surface area contributed by atoms with Crippen LogP contribution in [0.1, 0.15) is 179 Å². The highest BCUT2D eigenvalue weighted by Crippen LogP contribution is 2.29. The highest BCUT2D eigenvalue weighted by Gasteiger charge is 2.17. The van der Waals surface area contributed by atoms with Gasteiger partial charge in [-0.05, 0) is 30.1 Å². The molecule has 0 heterocycles. The number of rotatable bonds is 16. The smallest absolute Gasteiger partial charge is 0.0386 e. The minimum absolute atomic E-state index is 0.870. The van der Waals surface area contributed by atoms with Crippen LogP contribution in [0.3, 0.4) is 0 Å².